The van der Waals surface area contributed by atoms with E-state index < -0.39 is 24.3 Å². The first kappa shape index (κ1) is 34.1. The van der Waals surface area contributed by atoms with Crippen LogP contribution in [0, 0.1) is 0 Å². The first-order chi connectivity index (χ1) is 18.2. The molecule has 1 aliphatic rings. The van der Waals surface area contributed by atoms with Crippen molar-refractivity contribution in [3.63, 3.8) is 0 Å². The Labute approximate surface area is 224 Å². The molecule has 0 saturated carbocycles. The number of hydrogen-bond donors (Lipinski definition) is 3. The number of carboxylic acid groups (broad SMARTS) is 2. The van der Waals surface area contributed by atoms with Crippen molar-refractivity contribution in [3.05, 3.63) is 41.7 Å². The Morgan fingerprint density at radius 2 is 1.48 bits per heavy atom. The fraction of sp³-hybridized carbons (Fsp3) is 0.522. The molecule has 1 fully saturated rings. The summed E-state index contributed by atoms with van der Waals surface area (Å²) in [6.45, 7) is 9.82. The summed E-state index contributed by atoms with van der Waals surface area (Å²) in [4.78, 5) is 44.0. The number of piperazine rings is 1. The molecular weight excluding hydrogens is 556 g/mol. The smallest absolute Gasteiger partial charge is 0.475 e. The van der Waals surface area contributed by atoms with Crippen LogP contribution in [0.15, 0.2) is 29.0 Å². The van der Waals surface area contributed by atoms with Crippen molar-refractivity contribution in [1.82, 2.24) is 19.8 Å². The maximum absolute atomic E-state index is 13.0. The number of nitrogens with one attached hydrogen (secondary N) is 1. The Bertz CT molecular complexity index is 1100. The van der Waals surface area contributed by atoms with Gasteiger partial charge in [0.15, 0.2) is 0 Å². The molecule has 0 spiro atoms. The summed E-state index contributed by atoms with van der Waals surface area (Å²) in [6.07, 6.45) is -6.88. The van der Waals surface area contributed by atoms with Crippen LogP contribution in [0.25, 0.3) is 0 Å². The number of likely N-dealkylation sites (N-methyl/N-ethyl adjacent to an activating group) is 1. The molecule has 1 saturated heterocycles. The molecule has 2 aromatic rings. The number of alkyl halides is 6. The molecule has 3 rings (SSSR count). The van der Waals surface area contributed by atoms with E-state index in [0.29, 0.717) is 36.8 Å². The van der Waals surface area contributed by atoms with E-state index in [1.807, 2.05) is 17.0 Å². The van der Waals surface area contributed by atoms with Crippen molar-refractivity contribution >= 4 is 23.7 Å². The van der Waals surface area contributed by atoms with Crippen LogP contribution in [-0.4, -0.2) is 93.4 Å². The molecule has 1 aliphatic heterocycles. The number of anilines is 1. The van der Waals surface area contributed by atoms with E-state index in [1.165, 1.54) is 0 Å². The van der Waals surface area contributed by atoms with Crippen LogP contribution in [0.1, 0.15) is 42.7 Å². The van der Waals surface area contributed by atoms with E-state index in [9.17, 15) is 31.1 Å². The summed E-state index contributed by atoms with van der Waals surface area (Å²) in [5.41, 5.74) is 0.311. The highest BCUT2D eigenvalue weighted by molar-refractivity contribution is 5.98. The Hall–Kier alpha value is -3.89. The van der Waals surface area contributed by atoms with E-state index in [1.54, 1.807) is 12.5 Å². The van der Waals surface area contributed by atoms with Crippen LogP contribution >= 0.6 is 0 Å². The van der Waals surface area contributed by atoms with Gasteiger partial charge in [-0.25, -0.2) is 19.6 Å². The number of aromatic nitrogens is 2. The molecule has 3 heterocycles. The van der Waals surface area contributed by atoms with Gasteiger partial charge in [-0.1, -0.05) is 20.8 Å². The van der Waals surface area contributed by atoms with Crippen LogP contribution in [0.5, 0.6) is 0 Å². The lowest BCUT2D eigenvalue weighted by Gasteiger charge is -2.32. The number of furan rings is 1. The molecule has 0 aliphatic carbocycles. The molecule has 0 aromatic carbocycles. The van der Waals surface area contributed by atoms with Gasteiger partial charge in [0.05, 0.1) is 12.8 Å². The van der Waals surface area contributed by atoms with Crippen molar-refractivity contribution in [3.8, 4) is 0 Å². The molecule has 17 heteroatoms. The second-order valence-corrected chi connectivity index (χ2v) is 9.34. The second-order valence-electron chi connectivity index (χ2n) is 9.34. The molecule has 0 unspecified atom stereocenters. The maximum Gasteiger partial charge on any atom is 0.490 e. The van der Waals surface area contributed by atoms with E-state index in [4.69, 9.17) is 24.2 Å². The summed E-state index contributed by atoms with van der Waals surface area (Å²) in [5.74, 6) is -3.49. The number of nitrogens with zero attached hydrogens (tertiary/aromatic N) is 4. The number of rotatable bonds is 4. The van der Waals surface area contributed by atoms with Crippen LogP contribution in [0.4, 0.5) is 32.2 Å². The molecule has 11 nitrogen and oxygen atoms in total. The van der Waals surface area contributed by atoms with Gasteiger partial charge in [0.25, 0.3) is 5.91 Å². The van der Waals surface area contributed by atoms with Crippen LogP contribution in [0.3, 0.4) is 0 Å². The molecule has 0 radical (unpaired) electrons. The number of hydrogen-bond acceptors (Lipinski definition) is 8. The predicted molar refractivity (Wildman–Crippen MR) is 128 cm³/mol. The van der Waals surface area contributed by atoms with Crippen LogP contribution in [-0.2, 0) is 21.5 Å². The number of carbonyl (C=O) groups excluding carboxylic acids is 1. The summed E-state index contributed by atoms with van der Waals surface area (Å²) in [5, 5.41) is 17.5. The van der Waals surface area contributed by atoms with Crippen molar-refractivity contribution in [2.75, 3.05) is 38.5 Å². The Kier molecular flexibility index (Phi) is 11.9. The molecule has 1 amide bonds. The van der Waals surface area contributed by atoms with Gasteiger partial charge in [0, 0.05) is 37.8 Å². The minimum absolute atomic E-state index is 0.0273. The minimum atomic E-state index is -5.08. The highest BCUT2D eigenvalue weighted by Gasteiger charge is 2.39. The topological polar surface area (TPSA) is 149 Å². The minimum Gasteiger partial charge on any atom is -0.475 e. The monoisotopic (exact) mass is 585 g/mol. The van der Waals surface area contributed by atoms with Gasteiger partial charge in [-0.3, -0.25) is 4.79 Å². The molecule has 0 bridgehead atoms. The number of halogens is 6. The fourth-order valence-electron chi connectivity index (χ4n) is 2.80. The quantitative estimate of drug-likeness (QED) is 0.454. The summed E-state index contributed by atoms with van der Waals surface area (Å²) >= 11 is 0. The van der Waals surface area contributed by atoms with Gasteiger partial charge < -0.3 is 29.7 Å². The first-order valence-corrected chi connectivity index (χ1v) is 11.4. The highest BCUT2D eigenvalue weighted by atomic mass is 19.4. The fourth-order valence-corrected chi connectivity index (χ4v) is 2.80. The van der Waals surface area contributed by atoms with Gasteiger partial charge in [0.2, 0.25) is 0 Å². The molecule has 40 heavy (non-hydrogen) atoms. The molecule has 3 N–H and O–H groups in total. The summed E-state index contributed by atoms with van der Waals surface area (Å²) < 4.78 is 68.8. The molecule has 224 valence electrons. The van der Waals surface area contributed by atoms with E-state index in [-0.39, 0.29) is 11.3 Å². The third-order valence-corrected chi connectivity index (χ3v) is 4.98. The zero-order valence-corrected chi connectivity index (χ0v) is 21.9. The third kappa shape index (κ3) is 11.5. The maximum atomic E-state index is 13.0. The lowest BCUT2D eigenvalue weighted by atomic mass is 9.95. The van der Waals surface area contributed by atoms with Gasteiger partial charge in [-0.15, -0.1) is 0 Å². The lowest BCUT2D eigenvalue weighted by Crippen LogP contribution is -2.47. The van der Waals surface area contributed by atoms with Gasteiger partial charge in [0.1, 0.15) is 23.0 Å². The lowest BCUT2D eigenvalue weighted by molar-refractivity contribution is -0.193. The first-order valence-electron chi connectivity index (χ1n) is 11.4. The number of carbonyl (C=O) groups is 3. The van der Waals surface area contributed by atoms with Crippen molar-refractivity contribution < 1.29 is 55.4 Å². The zero-order chi connectivity index (χ0) is 30.9. The Morgan fingerprint density at radius 3 is 1.88 bits per heavy atom. The van der Waals surface area contributed by atoms with E-state index in [2.05, 4.69) is 48.0 Å². The third-order valence-electron chi connectivity index (χ3n) is 4.98. The van der Waals surface area contributed by atoms with Crippen LogP contribution < -0.4 is 5.32 Å². The average Bonchev–Trinajstić information content (AvgIpc) is 3.35. The van der Waals surface area contributed by atoms with Gasteiger partial charge in [-0.05, 0) is 19.2 Å². The number of aliphatic carboxylic acids is 2. The van der Waals surface area contributed by atoms with Crippen molar-refractivity contribution in [2.24, 2.45) is 0 Å². The predicted octanol–water partition coefficient (Wildman–Crippen LogP) is 3.63. The largest absolute Gasteiger partial charge is 0.490 e. The van der Waals surface area contributed by atoms with Crippen LogP contribution in [0.2, 0.25) is 0 Å². The Balaban J connectivity index is 0.000000473. The number of amides is 1. The average molecular weight is 586 g/mol. The highest BCUT2D eigenvalue weighted by Crippen LogP contribution is 2.23. The Morgan fingerprint density at radius 1 is 0.975 bits per heavy atom. The van der Waals surface area contributed by atoms with E-state index in [0.717, 1.165) is 18.8 Å². The SMILES string of the molecule is CN1CCN(C(=O)c2cnc(C(C)(C)C)nc2NCc2ccco2)CC1.O=C(O)C(F)(F)F.O=C(O)C(F)(F)F. The molecule has 2 aromatic heterocycles. The zero-order valence-electron chi connectivity index (χ0n) is 21.9. The second kappa shape index (κ2) is 14.0. The van der Waals surface area contributed by atoms with E-state index >= 15 is 0 Å². The van der Waals surface area contributed by atoms with Gasteiger partial charge in [-0.2, -0.15) is 26.3 Å². The molecule has 0 atom stereocenters. The standard InChI is InChI=1S/C19H27N5O2.2C2HF3O2/c1-19(2,3)18-21-13-15(17(25)24-9-7-23(4)8-10-24)16(22-18)20-12-14-6-5-11-26-14;2*3-2(4,5)1(6)7/h5-6,11,13H,7-10,12H2,1-4H3,(H,20,21,22);2*(H,6,7). The summed E-state index contributed by atoms with van der Waals surface area (Å²) in [6, 6.07) is 3.73. The summed E-state index contributed by atoms with van der Waals surface area (Å²) in [7, 11) is 2.07. The van der Waals surface area contributed by atoms with Crippen molar-refractivity contribution in [2.45, 2.75) is 45.1 Å². The number of carboxylic acids is 2. The molecular formula is C23H29F6N5O6. The van der Waals surface area contributed by atoms with Crippen molar-refractivity contribution in [1.29, 1.82) is 0 Å². The normalized spacial score (nSPS) is 14.3. The van der Waals surface area contributed by atoms with Gasteiger partial charge >= 0.3 is 24.3 Å².